The van der Waals surface area contributed by atoms with E-state index in [0.29, 0.717) is 6.54 Å². The number of likely N-dealkylation sites (N-methyl/N-ethyl adjacent to an activating group) is 1. The predicted octanol–water partition coefficient (Wildman–Crippen LogP) is 3.25. The second kappa shape index (κ2) is 11.4. The minimum Gasteiger partial charge on any atom is -0.372 e. The Kier molecular flexibility index (Phi) is 8.05. The SMILES string of the molecule is CCNC(=NCc1ccnc(N2CCN(C)CC2)c1)NC(C)c1cccc(N2CCCC2)c1. The van der Waals surface area contributed by atoms with E-state index in [1.807, 2.05) is 6.20 Å². The third-order valence-electron chi connectivity index (χ3n) is 6.60. The molecule has 3 heterocycles. The average molecular weight is 450 g/mol. The number of guanidine groups is 1. The first-order valence-corrected chi connectivity index (χ1v) is 12.4. The van der Waals surface area contributed by atoms with Gasteiger partial charge in [0.15, 0.2) is 5.96 Å². The number of hydrogen-bond acceptors (Lipinski definition) is 5. The highest BCUT2D eigenvalue weighted by Gasteiger charge is 2.16. The first kappa shape index (κ1) is 23.4. The maximum absolute atomic E-state index is 4.88. The Morgan fingerprint density at radius 2 is 1.82 bits per heavy atom. The smallest absolute Gasteiger partial charge is 0.192 e. The summed E-state index contributed by atoms with van der Waals surface area (Å²) < 4.78 is 0. The summed E-state index contributed by atoms with van der Waals surface area (Å²) in [5.41, 5.74) is 3.79. The molecule has 0 saturated carbocycles. The Morgan fingerprint density at radius 1 is 1.03 bits per heavy atom. The van der Waals surface area contributed by atoms with Gasteiger partial charge in [-0.25, -0.2) is 9.98 Å². The number of piperazine rings is 1. The molecule has 1 aromatic heterocycles. The monoisotopic (exact) mass is 449 g/mol. The van der Waals surface area contributed by atoms with E-state index in [1.54, 1.807) is 0 Å². The van der Waals surface area contributed by atoms with Crippen LogP contribution in [0.2, 0.25) is 0 Å². The summed E-state index contributed by atoms with van der Waals surface area (Å²) in [6, 6.07) is 13.3. The molecule has 4 rings (SSSR count). The van der Waals surface area contributed by atoms with Crippen LogP contribution < -0.4 is 20.4 Å². The van der Waals surface area contributed by atoms with E-state index in [9.17, 15) is 0 Å². The number of rotatable bonds is 7. The molecule has 0 bridgehead atoms. The molecule has 33 heavy (non-hydrogen) atoms. The lowest BCUT2D eigenvalue weighted by molar-refractivity contribution is 0.312. The molecule has 1 aromatic carbocycles. The van der Waals surface area contributed by atoms with E-state index < -0.39 is 0 Å². The summed E-state index contributed by atoms with van der Waals surface area (Å²) in [5, 5.41) is 7.00. The van der Waals surface area contributed by atoms with Gasteiger partial charge in [-0.05, 0) is 69.1 Å². The highest BCUT2D eigenvalue weighted by molar-refractivity contribution is 5.80. The van der Waals surface area contributed by atoms with E-state index in [2.05, 4.69) is 87.6 Å². The molecule has 0 aliphatic carbocycles. The minimum atomic E-state index is 0.170. The van der Waals surface area contributed by atoms with E-state index in [-0.39, 0.29) is 6.04 Å². The zero-order chi connectivity index (χ0) is 23.0. The van der Waals surface area contributed by atoms with Crippen molar-refractivity contribution in [3.8, 4) is 0 Å². The maximum Gasteiger partial charge on any atom is 0.192 e. The average Bonchev–Trinajstić information content (AvgIpc) is 3.39. The summed E-state index contributed by atoms with van der Waals surface area (Å²) in [7, 11) is 2.18. The number of benzene rings is 1. The van der Waals surface area contributed by atoms with Gasteiger partial charge in [-0.3, -0.25) is 0 Å². The number of hydrogen-bond donors (Lipinski definition) is 2. The van der Waals surface area contributed by atoms with Crippen LogP contribution in [0.3, 0.4) is 0 Å². The Bertz CT molecular complexity index is 914. The summed E-state index contributed by atoms with van der Waals surface area (Å²) in [5.74, 6) is 1.90. The Balaban J connectivity index is 1.40. The van der Waals surface area contributed by atoms with Gasteiger partial charge >= 0.3 is 0 Å². The summed E-state index contributed by atoms with van der Waals surface area (Å²) in [6.45, 7) is 12.3. The number of aliphatic imine (C=N–C) groups is 1. The standard InChI is InChI=1S/C26H39N7/c1-4-27-26(30-21(2)23-8-7-9-24(19-23)32-12-5-6-13-32)29-20-22-10-11-28-25(18-22)33-16-14-31(3)15-17-33/h7-11,18-19,21H,4-6,12-17,20H2,1-3H3,(H2,27,29,30). The molecule has 2 saturated heterocycles. The van der Waals surface area contributed by atoms with E-state index in [4.69, 9.17) is 4.99 Å². The second-order valence-corrected chi connectivity index (χ2v) is 9.16. The Hall–Kier alpha value is -2.80. The van der Waals surface area contributed by atoms with Crippen LogP contribution in [-0.4, -0.2) is 68.7 Å². The lowest BCUT2D eigenvalue weighted by Crippen LogP contribution is -2.44. The molecule has 2 fully saturated rings. The van der Waals surface area contributed by atoms with Gasteiger partial charge in [0, 0.05) is 57.7 Å². The highest BCUT2D eigenvalue weighted by atomic mass is 15.3. The van der Waals surface area contributed by atoms with Gasteiger partial charge in [-0.2, -0.15) is 0 Å². The normalized spacial score (nSPS) is 18.5. The van der Waals surface area contributed by atoms with Gasteiger partial charge in [-0.15, -0.1) is 0 Å². The maximum atomic E-state index is 4.88. The van der Waals surface area contributed by atoms with Crippen molar-refractivity contribution in [3.05, 3.63) is 53.7 Å². The molecule has 2 aliphatic heterocycles. The fraction of sp³-hybridized carbons (Fsp3) is 0.538. The number of nitrogens with zero attached hydrogens (tertiary/aromatic N) is 5. The van der Waals surface area contributed by atoms with Crippen molar-refractivity contribution in [2.75, 3.05) is 62.7 Å². The van der Waals surface area contributed by atoms with Gasteiger partial charge in [0.2, 0.25) is 0 Å². The summed E-state index contributed by atoms with van der Waals surface area (Å²) in [6.07, 6.45) is 4.49. The fourth-order valence-electron chi connectivity index (χ4n) is 4.51. The Morgan fingerprint density at radius 3 is 2.58 bits per heavy atom. The first-order valence-electron chi connectivity index (χ1n) is 12.4. The quantitative estimate of drug-likeness (QED) is 0.500. The Labute approximate surface area is 198 Å². The van der Waals surface area contributed by atoms with Crippen molar-refractivity contribution in [1.29, 1.82) is 0 Å². The number of pyridine rings is 1. The molecule has 2 N–H and O–H groups in total. The largest absolute Gasteiger partial charge is 0.372 e. The van der Waals surface area contributed by atoms with Gasteiger partial charge in [-0.1, -0.05) is 12.1 Å². The number of nitrogens with one attached hydrogen (secondary N) is 2. The van der Waals surface area contributed by atoms with Gasteiger partial charge < -0.3 is 25.3 Å². The van der Waals surface area contributed by atoms with E-state index in [1.165, 1.54) is 29.7 Å². The van der Waals surface area contributed by atoms with Crippen LogP contribution in [0.5, 0.6) is 0 Å². The molecular weight excluding hydrogens is 410 g/mol. The topological polar surface area (TPSA) is 59.0 Å². The van der Waals surface area contributed by atoms with Gasteiger partial charge in [0.05, 0.1) is 12.6 Å². The molecule has 0 spiro atoms. The third-order valence-corrected chi connectivity index (χ3v) is 6.60. The van der Waals surface area contributed by atoms with Crippen molar-refractivity contribution in [3.63, 3.8) is 0 Å². The molecule has 7 nitrogen and oxygen atoms in total. The summed E-state index contributed by atoms with van der Waals surface area (Å²) in [4.78, 5) is 16.7. The highest BCUT2D eigenvalue weighted by Crippen LogP contribution is 2.24. The molecular formula is C26H39N7. The lowest BCUT2D eigenvalue weighted by Gasteiger charge is -2.33. The first-order chi connectivity index (χ1) is 16.1. The molecule has 7 heteroatoms. The van der Waals surface area contributed by atoms with Crippen LogP contribution in [0, 0.1) is 0 Å². The van der Waals surface area contributed by atoms with E-state index in [0.717, 1.165) is 57.6 Å². The van der Waals surface area contributed by atoms with Gasteiger partial charge in [0.25, 0.3) is 0 Å². The number of anilines is 2. The molecule has 2 aromatic rings. The fourth-order valence-corrected chi connectivity index (χ4v) is 4.51. The van der Waals surface area contributed by atoms with Crippen molar-refractivity contribution in [1.82, 2.24) is 20.5 Å². The van der Waals surface area contributed by atoms with Crippen molar-refractivity contribution in [2.45, 2.75) is 39.3 Å². The minimum absolute atomic E-state index is 0.170. The van der Waals surface area contributed by atoms with Crippen LogP contribution in [0.15, 0.2) is 47.6 Å². The summed E-state index contributed by atoms with van der Waals surface area (Å²) >= 11 is 0. The van der Waals surface area contributed by atoms with E-state index >= 15 is 0 Å². The molecule has 0 radical (unpaired) electrons. The van der Waals surface area contributed by atoms with Crippen LogP contribution in [0.1, 0.15) is 43.9 Å². The molecule has 1 atom stereocenters. The molecule has 1 unspecified atom stereocenters. The molecule has 2 aliphatic rings. The zero-order valence-electron chi connectivity index (χ0n) is 20.4. The second-order valence-electron chi connectivity index (χ2n) is 9.16. The van der Waals surface area contributed by atoms with Crippen LogP contribution in [-0.2, 0) is 6.54 Å². The number of aromatic nitrogens is 1. The third kappa shape index (κ3) is 6.38. The molecule has 0 amide bonds. The van der Waals surface area contributed by atoms with Crippen LogP contribution >= 0.6 is 0 Å². The van der Waals surface area contributed by atoms with Crippen molar-refractivity contribution < 1.29 is 0 Å². The van der Waals surface area contributed by atoms with Crippen molar-refractivity contribution >= 4 is 17.5 Å². The predicted molar refractivity (Wildman–Crippen MR) is 138 cm³/mol. The van der Waals surface area contributed by atoms with Crippen LogP contribution in [0.25, 0.3) is 0 Å². The van der Waals surface area contributed by atoms with Gasteiger partial charge in [0.1, 0.15) is 5.82 Å². The zero-order valence-corrected chi connectivity index (χ0v) is 20.4. The molecule has 178 valence electrons. The van der Waals surface area contributed by atoms with Crippen LogP contribution in [0.4, 0.5) is 11.5 Å². The van der Waals surface area contributed by atoms with Crippen molar-refractivity contribution in [2.24, 2.45) is 4.99 Å². The lowest BCUT2D eigenvalue weighted by atomic mass is 10.1.